The third-order valence-electron chi connectivity index (χ3n) is 1.95. The van der Waals surface area contributed by atoms with Crippen LogP contribution >= 0.6 is 15.9 Å². The average Bonchev–Trinajstić information content (AvgIpc) is 2.42. The summed E-state index contributed by atoms with van der Waals surface area (Å²) in [7, 11) is 1.80. The molecule has 2 N–H and O–H groups in total. The van der Waals surface area contributed by atoms with Crippen LogP contribution in [0.15, 0.2) is 22.8 Å². The van der Waals surface area contributed by atoms with Crippen LogP contribution in [0.25, 0.3) is 10.9 Å². The van der Waals surface area contributed by atoms with Crippen LogP contribution in [0.4, 0.5) is 0 Å². The summed E-state index contributed by atoms with van der Waals surface area (Å²) in [6.45, 7) is 0. The molecule has 0 saturated carbocycles. The summed E-state index contributed by atoms with van der Waals surface area (Å²) >= 11 is 3.32. The number of nitrogens with zero attached hydrogens (tertiary/aromatic N) is 2. The molecule has 1 heterocycles. The SMILES string of the molecule is Cn1cc2cc(Br)cc(C(N)=O)c2n1. The summed E-state index contributed by atoms with van der Waals surface area (Å²) < 4.78 is 2.48. The van der Waals surface area contributed by atoms with Crippen molar-refractivity contribution >= 4 is 32.7 Å². The molecule has 72 valence electrons. The Labute approximate surface area is 88.8 Å². The second-order valence-electron chi connectivity index (χ2n) is 3.06. The van der Waals surface area contributed by atoms with Gasteiger partial charge in [0.1, 0.15) is 5.52 Å². The van der Waals surface area contributed by atoms with E-state index in [1.54, 1.807) is 17.8 Å². The number of carbonyl (C=O) groups is 1. The zero-order valence-corrected chi connectivity index (χ0v) is 9.08. The van der Waals surface area contributed by atoms with Crippen molar-refractivity contribution in [2.24, 2.45) is 12.8 Å². The number of hydrogen-bond acceptors (Lipinski definition) is 2. The Morgan fingerprint density at radius 3 is 2.93 bits per heavy atom. The molecule has 0 unspecified atom stereocenters. The molecule has 4 nitrogen and oxygen atoms in total. The highest BCUT2D eigenvalue weighted by Gasteiger charge is 2.10. The fourth-order valence-corrected chi connectivity index (χ4v) is 1.88. The first-order valence-corrected chi connectivity index (χ1v) is 4.80. The maximum atomic E-state index is 11.1. The van der Waals surface area contributed by atoms with Crippen LogP contribution < -0.4 is 5.73 Å². The Morgan fingerprint density at radius 1 is 1.57 bits per heavy atom. The van der Waals surface area contributed by atoms with Crippen LogP contribution in [0, 0.1) is 0 Å². The molecule has 0 fully saturated rings. The lowest BCUT2D eigenvalue weighted by Gasteiger charge is -1.97. The molecule has 0 saturated heterocycles. The Bertz CT molecular complexity index is 518. The van der Waals surface area contributed by atoms with Gasteiger partial charge in [-0.3, -0.25) is 9.48 Å². The van der Waals surface area contributed by atoms with Gasteiger partial charge >= 0.3 is 0 Å². The van der Waals surface area contributed by atoms with Crippen LogP contribution in [0.1, 0.15) is 10.4 Å². The van der Waals surface area contributed by atoms with Crippen LogP contribution in [0.5, 0.6) is 0 Å². The van der Waals surface area contributed by atoms with E-state index in [2.05, 4.69) is 21.0 Å². The van der Waals surface area contributed by atoms with E-state index in [-0.39, 0.29) is 0 Å². The van der Waals surface area contributed by atoms with Crippen molar-refractivity contribution in [2.75, 3.05) is 0 Å². The summed E-state index contributed by atoms with van der Waals surface area (Å²) in [4.78, 5) is 11.1. The monoisotopic (exact) mass is 253 g/mol. The van der Waals surface area contributed by atoms with Crippen molar-refractivity contribution in [2.45, 2.75) is 0 Å². The van der Waals surface area contributed by atoms with Gasteiger partial charge in [0, 0.05) is 23.1 Å². The van der Waals surface area contributed by atoms with E-state index in [0.29, 0.717) is 11.1 Å². The summed E-state index contributed by atoms with van der Waals surface area (Å²) in [5.41, 5.74) is 6.33. The number of fused-ring (bicyclic) bond motifs is 1. The highest BCUT2D eigenvalue weighted by Crippen LogP contribution is 2.22. The Balaban J connectivity index is 2.85. The van der Waals surface area contributed by atoms with Crippen LogP contribution in [0.2, 0.25) is 0 Å². The highest BCUT2D eigenvalue weighted by molar-refractivity contribution is 9.10. The first kappa shape index (κ1) is 9.21. The van der Waals surface area contributed by atoms with Crippen molar-refractivity contribution < 1.29 is 4.79 Å². The lowest BCUT2D eigenvalue weighted by atomic mass is 10.1. The van der Waals surface area contributed by atoms with Crippen molar-refractivity contribution in [3.63, 3.8) is 0 Å². The molecule has 2 aromatic rings. The summed E-state index contributed by atoms with van der Waals surface area (Å²) in [5, 5.41) is 5.07. The standard InChI is InChI=1S/C9H8BrN3O/c1-13-4-5-2-6(10)3-7(9(11)14)8(5)12-13/h2-4H,1H3,(H2,11,14). The topological polar surface area (TPSA) is 60.9 Å². The lowest BCUT2D eigenvalue weighted by Crippen LogP contribution is -2.11. The first-order chi connectivity index (χ1) is 6.58. The van der Waals surface area contributed by atoms with Gasteiger partial charge in [0.2, 0.25) is 0 Å². The molecule has 2 rings (SSSR count). The van der Waals surface area contributed by atoms with E-state index in [1.165, 1.54) is 0 Å². The van der Waals surface area contributed by atoms with Crippen molar-refractivity contribution in [1.82, 2.24) is 9.78 Å². The smallest absolute Gasteiger partial charge is 0.251 e. The molecular weight excluding hydrogens is 246 g/mol. The number of carbonyl (C=O) groups excluding carboxylic acids is 1. The van der Waals surface area contributed by atoms with E-state index in [1.807, 2.05) is 12.3 Å². The van der Waals surface area contributed by atoms with E-state index >= 15 is 0 Å². The van der Waals surface area contributed by atoms with Crippen LogP contribution in [0.3, 0.4) is 0 Å². The maximum Gasteiger partial charge on any atom is 0.251 e. The van der Waals surface area contributed by atoms with Gasteiger partial charge in [0.05, 0.1) is 5.56 Å². The number of aromatic nitrogens is 2. The van der Waals surface area contributed by atoms with Gasteiger partial charge in [-0.15, -0.1) is 0 Å². The molecule has 0 aliphatic rings. The molecule has 0 atom stereocenters. The van der Waals surface area contributed by atoms with Gasteiger partial charge < -0.3 is 5.73 Å². The lowest BCUT2D eigenvalue weighted by molar-refractivity contribution is 0.100. The summed E-state index contributed by atoms with van der Waals surface area (Å²) in [6, 6.07) is 3.58. The molecule has 0 radical (unpaired) electrons. The number of hydrogen-bond donors (Lipinski definition) is 1. The van der Waals surface area contributed by atoms with Gasteiger partial charge in [0.15, 0.2) is 0 Å². The largest absolute Gasteiger partial charge is 0.366 e. The molecule has 14 heavy (non-hydrogen) atoms. The zero-order valence-electron chi connectivity index (χ0n) is 7.49. The van der Waals surface area contributed by atoms with Gasteiger partial charge in [-0.1, -0.05) is 15.9 Å². The van der Waals surface area contributed by atoms with Gasteiger partial charge in [-0.25, -0.2) is 0 Å². The van der Waals surface area contributed by atoms with Crippen LogP contribution in [-0.2, 0) is 7.05 Å². The van der Waals surface area contributed by atoms with Gasteiger partial charge in [-0.2, -0.15) is 5.10 Å². The zero-order chi connectivity index (χ0) is 10.3. The van der Waals surface area contributed by atoms with E-state index in [9.17, 15) is 4.79 Å². The number of benzene rings is 1. The van der Waals surface area contributed by atoms with Crippen molar-refractivity contribution in [1.29, 1.82) is 0 Å². The molecule has 0 spiro atoms. The third kappa shape index (κ3) is 1.39. The maximum absolute atomic E-state index is 11.1. The number of rotatable bonds is 1. The number of amides is 1. The predicted octanol–water partition coefficient (Wildman–Crippen LogP) is 1.43. The van der Waals surface area contributed by atoms with Crippen LogP contribution in [-0.4, -0.2) is 15.7 Å². The van der Waals surface area contributed by atoms with Gasteiger partial charge in [-0.05, 0) is 12.1 Å². The third-order valence-corrected chi connectivity index (χ3v) is 2.41. The quantitative estimate of drug-likeness (QED) is 0.836. The fourth-order valence-electron chi connectivity index (χ4n) is 1.41. The summed E-state index contributed by atoms with van der Waals surface area (Å²) in [5.74, 6) is -0.463. The summed E-state index contributed by atoms with van der Waals surface area (Å²) in [6.07, 6.45) is 1.84. The van der Waals surface area contributed by atoms with E-state index in [4.69, 9.17) is 5.73 Å². The van der Waals surface area contributed by atoms with Crippen molar-refractivity contribution in [3.05, 3.63) is 28.4 Å². The molecule has 5 heteroatoms. The second kappa shape index (κ2) is 3.09. The number of nitrogens with two attached hydrogens (primary N) is 1. The fraction of sp³-hybridized carbons (Fsp3) is 0.111. The predicted molar refractivity (Wildman–Crippen MR) is 56.9 cm³/mol. The molecule has 1 aromatic carbocycles. The molecule has 0 aliphatic carbocycles. The average molecular weight is 254 g/mol. The number of aryl methyl sites for hydroxylation is 1. The number of primary amides is 1. The molecule has 1 aromatic heterocycles. The van der Waals surface area contributed by atoms with Gasteiger partial charge in [0.25, 0.3) is 5.91 Å². The van der Waals surface area contributed by atoms with E-state index < -0.39 is 5.91 Å². The minimum Gasteiger partial charge on any atom is -0.366 e. The Kier molecular flexibility index (Phi) is 2.03. The normalized spacial score (nSPS) is 10.7. The Hall–Kier alpha value is -1.36. The molecule has 0 bridgehead atoms. The second-order valence-corrected chi connectivity index (χ2v) is 3.97. The molecule has 1 amide bonds. The Morgan fingerprint density at radius 2 is 2.29 bits per heavy atom. The van der Waals surface area contributed by atoms with E-state index in [0.717, 1.165) is 9.86 Å². The minimum absolute atomic E-state index is 0.440. The van der Waals surface area contributed by atoms with Crippen molar-refractivity contribution in [3.8, 4) is 0 Å². The molecule has 0 aliphatic heterocycles. The first-order valence-electron chi connectivity index (χ1n) is 4.00. The number of halogens is 1. The minimum atomic E-state index is -0.463. The highest BCUT2D eigenvalue weighted by atomic mass is 79.9. The molecular formula is C9H8BrN3O.